The van der Waals surface area contributed by atoms with Crippen LogP contribution in [0.3, 0.4) is 0 Å². The number of likely N-dealkylation sites (tertiary alicyclic amines) is 1. The maximum absolute atomic E-state index is 13.8. The maximum atomic E-state index is 13.8. The summed E-state index contributed by atoms with van der Waals surface area (Å²) in [5.74, 6) is 0.810. The Balaban J connectivity index is 1.87. The van der Waals surface area contributed by atoms with Crippen molar-refractivity contribution >= 4 is 22.7 Å². The van der Waals surface area contributed by atoms with Crippen LogP contribution in [-0.4, -0.2) is 53.2 Å². The van der Waals surface area contributed by atoms with Crippen molar-refractivity contribution in [1.82, 2.24) is 19.4 Å². The van der Waals surface area contributed by atoms with Crippen LogP contribution >= 0.6 is 0 Å². The van der Waals surface area contributed by atoms with E-state index in [9.17, 15) is 19.2 Å². The van der Waals surface area contributed by atoms with Gasteiger partial charge in [-0.3, -0.25) is 23.5 Å². The van der Waals surface area contributed by atoms with Gasteiger partial charge in [0.1, 0.15) is 0 Å². The van der Waals surface area contributed by atoms with Gasteiger partial charge in [-0.05, 0) is 41.8 Å². The van der Waals surface area contributed by atoms with Gasteiger partial charge in [0.2, 0.25) is 11.8 Å². The molecule has 3 aromatic rings. The molecule has 0 radical (unpaired) electrons. The molecule has 10 nitrogen and oxygen atoms in total. The molecule has 2 amide bonds. The molecule has 0 spiro atoms. The second kappa shape index (κ2) is 10.3. The lowest BCUT2D eigenvalue weighted by Gasteiger charge is -2.20. The van der Waals surface area contributed by atoms with E-state index in [0.29, 0.717) is 47.5 Å². The van der Waals surface area contributed by atoms with Crippen LogP contribution in [0, 0.1) is 0 Å². The lowest BCUT2D eigenvalue weighted by Crippen LogP contribution is -2.42. The summed E-state index contributed by atoms with van der Waals surface area (Å²) in [6.07, 6.45) is 0.608. The van der Waals surface area contributed by atoms with E-state index < -0.39 is 11.2 Å². The molecule has 1 saturated heterocycles. The predicted molar refractivity (Wildman–Crippen MR) is 135 cm³/mol. The highest BCUT2D eigenvalue weighted by atomic mass is 16.5. The van der Waals surface area contributed by atoms with Gasteiger partial charge in [-0.2, -0.15) is 0 Å². The minimum absolute atomic E-state index is 0.0347. The number of nitrogens with one attached hydrogen (secondary N) is 1. The zero-order valence-electron chi connectivity index (χ0n) is 20.9. The Morgan fingerprint density at radius 2 is 1.72 bits per heavy atom. The average molecular weight is 495 g/mol. The van der Waals surface area contributed by atoms with Gasteiger partial charge in [0.05, 0.1) is 37.7 Å². The Kier molecular flexibility index (Phi) is 7.14. The fourth-order valence-corrected chi connectivity index (χ4v) is 4.66. The van der Waals surface area contributed by atoms with E-state index in [1.54, 1.807) is 45.9 Å². The molecule has 2 aromatic carbocycles. The van der Waals surface area contributed by atoms with Gasteiger partial charge in [0, 0.05) is 33.5 Å². The lowest BCUT2D eigenvalue weighted by molar-refractivity contribution is -0.127. The molecule has 1 unspecified atom stereocenters. The quantitative estimate of drug-likeness (QED) is 0.535. The first-order chi connectivity index (χ1) is 17.2. The monoisotopic (exact) mass is 494 g/mol. The molecule has 0 aliphatic carbocycles. The van der Waals surface area contributed by atoms with Crippen LogP contribution in [0.25, 0.3) is 10.9 Å². The van der Waals surface area contributed by atoms with Crippen molar-refractivity contribution in [2.45, 2.75) is 39.4 Å². The minimum atomic E-state index is -0.438. The largest absolute Gasteiger partial charge is 0.493 e. The van der Waals surface area contributed by atoms with Crippen molar-refractivity contribution in [3.63, 3.8) is 0 Å². The summed E-state index contributed by atoms with van der Waals surface area (Å²) < 4.78 is 13.5. The Hall–Kier alpha value is -4.08. The number of nitrogens with zero attached hydrogens (tertiary/aromatic N) is 3. The van der Waals surface area contributed by atoms with Crippen LogP contribution in [0.2, 0.25) is 0 Å². The fourth-order valence-electron chi connectivity index (χ4n) is 4.66. The molecule has 36 heavy (non-hydrogen) atoms. The van der Waals surface area contributed by atoms with E-state index in [4.69, 9.17) is 9.47 Å². The fraction of sp³-hybridized carbons (Fsp3) is 0.385. The second-order valence-corrected chi connectivity index (χ2v) is 8.90. The van der Waals surface area contributed by atoms with Crippen molar-refractivity contribution in [2.24, 2.45) is 0 Å². The minimum Gasteiger partial charge on any atom is -0.493 e. The normalized spacial score (nSPS) is 15.2. The molecule has 0 bridgehead atoms. The van der Waals surface area contributed by atoms with E-state index in [1.807, 2.05) is 0 Å². The van der Waals surface area contributed by atoms with Crippen LogP contribution in [-0.2, 0) is 22.7 Å². The van der Waals surface area contributed by atoms with Gasteiger partial charge in [0.15, 0.2) is 11.5 Å². The van der Waals surface area contributed by atoms with E-state index in [2.05, 4.69) is 5.32 Å². The Morgan fingerprint density at radius 3 is 2.36 bits per heavy atom. The van der Waals surface area contributed by atoms with Gasteiger partial charge in [-0.1, -0.05) is 12.1 Å². The van der Waals surface area contributed by atoms with Gasteiger partial charge in [-0.25, -0.2) is 4.79 Å². The zero-order valence-corrected chi connectivity index (χ0v) is 20.9. The van der Waals surface area contributed by atoms with E-state index in [0.717, 1.165) is 5.56 Å². The highest BCUT2D eigenvalue weighted by Crippen LogP contribution is 2.28. The molecule has 1 aliphatic heterocycles. The standard InChI is InChI=1S/C26H30N4O6/c1-16(31)27-13-18-5-7-22-21(11-18)25(33)29(14-19-6-8-23(35-3)24(12-19)36-4)26(34)30(22)20-9-10-28(15-20)17(2)32/h5-8,11-12,20H,9-10,13-15H2,1-4H3,(H,27,31). The second-order valence-electron chi connectivity index (χ2n) is 8.90. The summed E-state index contributed by atoms with van der Waals surface area (Å²) in [4.78, 5) is 52.4. The highest BCUT2D eigenvalue weighted by molar-refractivity contribution is 5.80. The number of hydrogen-bond donors (Lipinski definition) is 1. The first-order valence-electron chi connectivity index (χ1n) is 11.7. The van der Waals surface area contributed by atoms with E-state index in [-0.39, 0.29) is 30.9 Å². The van der Waals surface area contributed by atoms with Crippen LogP contribution in [0.15, 0.2) is 46.0 Å². The Labute approximate surface area is 208 Å². The number of fused-ring (bicyclic) bond motifs is 1. The summed E-state index contributed by atoms with van der Waals surface area (Å²) in [6.45, 7) is 4.18. The molecular weight excluding hydrogens is 464 g/mol. The summed E-state index contributed by atoms with van der Waals surface area (Å²) in [5.41, 5.74) is 1.09. The topological polar surface area (TPSA) is 112 Å². The molecule has 1 atom stereocenters. The van der Waals surface area contributed by atoms with Gasteiger partial charge >= 0.3 is 5.69 Å². The van der Waals surface area contributed by atoms with E-state index >= 15 is 0 Å². The van der Waals surface area contributed by atoms with Crippen molar-refractivity contribution in [1.29, 1.82) is 0 Å². The Bertz CT molecular complexity index is 1440. The highest BCUT2D eigenvalue weighted by Gasteiger charge is 2.29. The van der Waals surface area contributed by atoms with Gasteiger partial charge in [0.25, 0.3) is 5.56 Å². The van der Waals surface area contributed by atoms with Gasteiger partial charge < -0.3 is 19.7 Å². The van der Waals surface area contributed by atoms with Crippen molar-refractivity contribution in [3.05, 3.63) is 68.4 Å². The number of carbonyl (C=O) groups excluding carboxylic acids is 2. The lowest BCUT2D eigenvalue weighted by atomic mass is 10.1. The molecular formula is C26H30N4O6. The van der Waals surface area contributed by atoms with Gasteiger partial charge in [-0.15, -0.1) is 0 Å². The van der Waals surface area contributed by atoms with E-state index in [1.165, 1.54) is 32.6 Å². The molecule has 10 heteroatoms. The van der Waals surface area contributed by atoms with Crippen molar-refractivity contribution < 1.29 is 19.1 Å². The molecule has 1 aromatic heterocycles. The van der Waals surface area contributed by atoms with Crippen LogP contribution < -0.4 is 26.0 Å². The molecule has 2 heterocycles. The summed E-state index contributed by atoms with van der Waals surface area (Å²) >= 11 is 0. The maximum Gasteiger partial charge on any atom is 0.332 e. The molecule has 190 valence electrons. The van der Waals surface area contributed by atoms with Crippen LogP contribution in [0.4, 0.5) is 0 Å². The Morgan fingerprint density at radius 1 is 1.00 bits per heavy atom. The third-order valence-corrected chi connectivity index (χ3v) is 6.54. The smallest absolute Gasteiger partial charge is 0.332 e. The van der Waals surface area contributed by atoms with Crippen LogP contribution in [0.1, 0.15) is 37.4 Å². The van der Waals surface area contributed by atoms with Crippen LogP contribution in [0.5, 0.6) is 11.5 Å². The average Bonchev–Trinajstić information content (AvgIpc) is 3.35. The number of rotatable bonds is 7. The summed E-state index contributed by atoms with van der Waals surface area (Å²) in [7, 11) is 3.06. The first kappa shape index (κ1) is 25.0. The third-order valence-electron chi connectivity index (χ3n) is 6.54. The number of amides is 2. The molecule has 4 rings (SSSR count). The predicted octanol–water partition coefficient (Wildman–Crippen LogP) is 1.66. The number of hydrogen-bond acceptors (Lipinski definition) is 6. The zero-order chi connectivity index (χ0) is 26.0. The molecule has 1 N–H and O–H groups in total. The number of ether oxygens (including phenoxy) is 2. The first-order valence-corrected chi connectivity index (χ1v) is 11.7. The number of aromatic nitrogens is 2. The number of carbonyl (C=O) groups is 2. The summed E-state index contributed by atoms with van der Waals surface area (Å²) in [6, 6.07) is 10.2. The van der Waals surface area contributed by atoms with Crippen molar-refractivity contribution in [3.8, 4) is 11.5 Å². The number of methoxy groups -OCH3 is 2. The third kappa shape index (κ3) is 4.84. The summed E-state index contributed by atoms with van der Waals surface area (Å²) in [5, 5.41) is 3.11. The molecule has 0 saturated carbocycles. The SMILES string of the molecule is COc1ccc(Cn2c(=O)c3cc(CNC(C)=O)ccc3n(C3CCN(C(C)=O)C3)c2=O)cc1OC. The molecule has 1 aliphatic rings. The van der Waals surface area contributed by atoms with Crippen molar-refractivity contribution in [2.75, 3.05) is 27.3 Å². The molecule has 1 fully saturated rings. The number of benzene rings is 2.